The standard InChI is InChI=1S/C14H21FN2O2/c1-19-13-4-2-3-12(18)14(13)11(5-6-15)17-9-7-16-8-10-17/h2-4,11,16,18H,5-10H2,1H3/t11-/m0/s1. The van der Waals surface area contributed by atoms with Crippen molar-refractivity contribution >= 4 is 0 Å². The van der Waals surface area contributed by atoms with Gasteiger partial charge in [0, 0.05) is 32.2 Å². The van der Waals surface area contributed by atoms with Crippen LogP contribution in [0.25, 0.3) is 0 Å². The van der Waals surface area contributed by atoms with Gasteiger partial charge in [0.05, 0.1) is 19.3 Å². The summed E-state index contributed by atoms with van der Waals surface area (Å²) in [6.07, 6.45) is 0.369. The SMILES string of the molecule is COc1cccc(O)c1[C@H](CCF)N1CCNCC1. The molecule has 0 amide bonds. The molecule has 1 aromatic rings. The molecule has 5 heteroatoms. The number of hydrogen-bond donors (Lipinski definition) is 2. The van der Waals surface area contributed by atoms with Crippen molar-refractivity contribution < 1.29 is 14.2 Å². The normalized spacial score (nSPS) is 18.2. The summed E-state index contributed by atoms with van der Waals surface area (Å²) in [4.78, 5) is 2.20. The summed E-state index contributed by atoms with van der Waals surface area (Å²) < 4.78 is 18.2. The molecule has 2 rings (SSSR count). The van der Waals surface area contributed by atoms with Gasteiger partial charge in [-0.3, -0.25) is 9.29 Å². The molecule has 106 valence electrons. The number of alkyl halides is 1. The number of phenolic OH excluding ortho intramolecular Hbond substituents is 1. The van der Waals surface area contributed by atoms with E-state index in [2.05, 4.69) is 10.2 Å². The van der Waals surface area contributed by atoms with Crippen LogP contribution in [0.2, 0.25) is 0 Å². The van der Waals surface area contributed by atoms with E-state index in [0.717, 1.165) is 26.2 Å². The predicted octanol–water partition coefficient (Wildman–Crippen LogP) is 1.71. The Morgan fingerprint density at radius 2 is 2.16 bits per heavy atom. The van der Waals surface area contributed by atoms with E-state index >= 15 is 0 Å². The smallest absolute Gasteiger partial charge is 0.127 e. The highest BCUT2D eigenvalue weighted by molar-refractivity contribution is 5.46. The van der Waals surface area contributed by atoms with E-state index in [1.807, 2.05) is 6.07 Å². The van der Waals surface area contributed by atoms with Crippen LogP contribution in [0.1, 0.15) is 18.0 Å². The molecule has 1 heterocycles. The second-order valence-corrected chi connectivity index (χ2v) is 4.67. The van der Waals surface area contributed by atoms with Crippen LogP contribution in [0.5, 0.6) is 11.5 Å². The van der Waals surface area contributed by atoms with Crippen LogP contribution in [0.15, 0.2) is 18.2 Å². The number of rotatable bonds is 5. The van der Waals surface area contributed by atoms with Gasteiger partial charge in [-0.1, -0.05) is 6.07 Å². The number of halogens is 1. The fraction of sp³-hybridized carbons (Fsp3) is 0.571. The molecule has 0 aromatic heterocycles. The zero-order chi connectivity index (χ0) is 13.7. The number of phenols is 1. The first kappa shape index (κ1) is 14.1. The van der Waals surface area contributed by atoms with Crippen LogP contribution in [0.4, 0.5) is 4.39 Å². The van der Waals surface area contributed by atoms with Crippen molar-refractivity contribution in [2.75, 3.05) is 40.0 Å². The average molecular weight is 268 g/mol. The number of ether oxygens (including phenoxy) is 1. The summed E-state index contributed by atoms with van der Waals surface area (Å²) in [6, 6.07) is 5.04. The van der Waals surface area contributed by atoms with Crippen molar-refractivity contribution in [3.05, 3.63) is 23.8 Å². The average Bonchev–Trinajstić information content (AvgIpc) is 2.46. The van der Waals surface area contributed by atoms with E-state index < -0.39 is 6.67 Å². The largest absolute Gasteiger partial charge is 0.507 e. The molecule has 2 N–H and O–H groups in total. The van der Waals surface area contributed by atoms with Crippen molar-refractivity contribution in [1.82, 2.24) is 10.2 Å². The second-order valence-electron chi connectivity index (χ2n) is 4.67. The van der Waals surface area contributed by atoms with Gasteiger partial charge in [0.1, 0.15) is 11.5 Å². The summed E-state index contributed by atoms with van der Waals surface area (Å²) in [5.41, 5.74) is 0.699. The van der Waals surface area contributed by atoms with Crippen LogP contribution in [-0.4, -0.2) is 50.0 Å². The molecule has 0 spiro atoms. The molecule has 19 heavy (non-hydrogen) atoms. The molecule has 0 bridgehead atoms. The van der Waals surface area contributed by atoms with Gasteiger partial charge in [0.2, 0.25) is 0 Å². The lowest BCUT2D eigenvalue weighted by Crippen LogP contribution is -2.45. The van der Waals surface area contributed by atoms with Crippen LogP contribution in [-0.2, 0) is 0 Å². The quantitative estimate of drug-likeness (QED) is 0.853. The van der Waals surface area contributed by atoms with Gasteiger partial charge in [-0.15, -0.1) is 0 Å². The lowest BCUT2D eigenvalue weighted by molar-refractivity contribution is 0.152. The molecule has 0 saturated carbocycles. The molecular formula is C14H21FN2O2. The third-order valence-electron chi connectivity index (χ3n) is 3.57. The maximum absolute atomic E-state index is 12.9. The van der Waals surface area contributed by atoms with Gasteiger partial charge in [0.15, 0.2) is 0 Å². The maximum atomic E-state index is 12.9. The second kappa shape index (κ2) is 6.73. The molecule has 1 saturated heterocycles. The van der Waals surface area contributed by atoms with Crippen LogP contribution in [0.3, 0.4) is 0 Å². The Morgan fingerprint density at radius 1 is 1.42 bits per heavy atom. The van der Waals surface area contributed by atoms with E-state index in [4.69, 9.17) is 4.74 Å². The summed E-state index contributed by atoms with van der Waals surface area (Å²) in [6.45, 7) is 3.06. The molecule has 1 atom stereocenters. The first-order valence-electron chi connectivity index (χ1n) is 6.64. The van der Waals surface area contributed by atoms with Crippen molar-refractivity contribution in [1.29, 1.82) is 0 Å². The highest BCUT2D eigenvalue weighted by Crippen LogP contribution is 2.38. The molecule has 1 fully saturated rings. The summed E-state index contributed by atoms with van der Waals surface area (Å²) in [5, 5.41) is 13.4. The summed E-state index contributed by atoms with van der Waals surface area (Å²) >= 11 is 0. The van der Waals surface area contributed by atoms with Crippen LogP contribution >= 0.6 is 0 Å². The number of methoxy groups -OCH3 is 1. The molecule has 4 nitrogen and oxygen atoms in total. The minimum atomic E-state index is -0.411. The monoisotopic (exact) mass is 268 g/mol. The highest BCUT2D eigenvalue weighted by Gasteiger charge is 2.27. The lowest BCUT2D eigenvalue weighted by atomic mass is 9.99. The minimum absolute atomic E-state index is 0.136. The Labute approximate surface area is 113 Å². The van der Waals surface area contributed by atoms with Gasteiger partial charge in [-0.25, -0.2) is 0 Å². The Hall–Kier alpha value is -1.33. The van der Waals surface area contributed by atoms with E-state index in [1.165, 1.54) is 0 Å². The Bertz CT molecular complexity index is 408. The Kier molecular flexibility index (Phi) is 4.99. The number of piperazine rings is 1. The third kappa shape index (κ3) is 3.16. The summed E-state index contributed by atoms with van der Waals surface area (Å²) in [5.74, 6) is 0.799. The Balaban J connectivity index is 2.32. The fourth-order valence-corrected chi connectivity index (χ4v) is 2.65. The van der Waals surface area contributed by atoms with Crippen LogP contribution in [0, 0.1) is 0 Å². The topological polar surface area (TPSA) is 44.7 Å². The van der Waals surface area contributed by atoms with E-state index in [0.29, 0.717) is 17.7 Å². The molecule has 1 aliphatic rings. The number of hydrogen-bond acceptors (Lipinski definition) is 4. The Morgan fingerprint density at radius 3 is 2.79 bits per heavy atom. The van der Waals surface area contributed by atoms with Crippen molar-refractivity contribution in [3.63, 3.8) is 0 Å². The molecule has 0 radical (unpaired) electrons. The van der Waals surface area contributed by atoms with Gasteiger partial charge in [0.25, 0.3) is 0 Å². The minimum Gasteiger partial charge on any atom is -0.507 e. The highest BCUT2D eigenvalue weighted by atomic mass is 19.1. The predicted molar refractivity (Wildman–Crippen MR) is 72.4 cm³/mol. The van der Waals surface area contributed by atoms with E-state index in [-0.39, 0.29) is 11.8 Å². The van der Waals surface area contributed by atoms with Crippen molar-refractivity contribution in [2.24, 2.45) is 0 Å². The number of benzene rings is 1. The molecule has 1 aliphatic heterocycles. The third-order valence-corrected chi connectivity index (χ3v) is 3.57. The van der Waals surface area contributed by atoms with Crippen molar-refractivity contribution in [2.45, 2.75) is 12.5 Å². The van der Waals surface area contributed by atoms with Crippen LogP contribution < -0.4 is 10.1 Å². The number of aromatic hydroxyl groups is 1. The molecule has 1 aromatic carbocycles. The first-order valence-corrected chi connectivity index (χ1v) is 6.64. The molecule has 0 aliphatic carbocycles. The zero-order valence-corrected chi connectivity index (χ0v) is 11.2. The molecule has 0 unspecified atom stereocenters. The number of nitrogens with zero attached hydrogens (tertiary/aromatic N) is 1. The fourth-order valence-electron chi connectivity index (χ4n) is 2.65. The molecular weight excluding hydrogens is 247 g/mol. The van der Waals surface area contributed by atoms with Gasteiger partial charge >= 0.3 is 0 Å². The maximum Gasteiger partial charge on any atom is 0.127 e. The summed E-state index contributed by atoms with van der Waals surface area (Å²) in [7, 11) is 1.57. The van der Waals surface area contributed by atoms with Gasteiger partial charge in [-0.05, 0) is 18.6 Å². The van der Waals surface area contributed by atoms with E-state index in [9.17, 15) is 9.50 Å². The zero-order valence-electron chi connectivity index (χ0n) is 11.2. The van der Waals surface area contributed by atoms with Gasteiger partial charge < -0.3 is 15.2 Å². The first-order chi connectivity index (χ1) is 9.27. The lowest BCUT2D eigenvalue weighted by Gasteiger charge is -2.35. The number of nitrogens with one attached hydrogen (secondary N) is 1. The van der Waals surface area contributed by atoms with Crippen molar-refractivity contribution in [3.8, 4) is 11.5 Å². The van der Waals surface area contributed by atoms with Gasteiger partial charge in [-0.2, -0.15) is 0 Å². The van der Waals surface area contributed by atoms with E-state index in [1.54, 1.807) is 19.2 Å².